The molecular weight excluding hydrogens is 390 g/mol. The summed E-state index contributed by atoms with van der Waals surface area (Å²) in [5, 5.41) is 7.65. The van der Waals surface area contributed by atoms with Gasteiger partial charge >= 0.3 is 0 Å². The smallest absolute Gasteiger partial charge is 0.265 e. The maximum atomic E-state index is 12.6. The van der Waals surface area contributed by atoms with Gasteiger partial charge in [-0.1, -0.05) is 12.5 Å². The molecule has 1 aromatic heterocycles. The summed E-state index contributed by atoms with van der Waals surface area (Å²) in [7, 11) is 0. The van der Waals surface area contributed by atoms with Crippen LogP contribution in [-0.2, 0) is 14.3 Å². The topological polar surface area (TPSA) is 79.9 Å². The first-order valence-electron chi connectivity index (χ1n) is 9.91. The molecule has 1 atom stereocenters. The van der Waals surface area contributed by atoms with Gasteiger partial charge in [-0.25, -0.2) is 0 Å². The number of hydrogen-bond donors (Lipinski definition) is 2. The summed E-state index contributed by atoms with van der Waals surface area (Å²) in [5.41, 5.74) is 1.39. The second-order valence-electron chi connectivity index (χ2n) is 7.20. The lowest BCUT2D eigenvalue weighted by Gasteiger charge is -2.37. The van der Waals surface area contributed by atoms with Crippen LogP contribution in [-0.4, -0.2) is 55.3 Å². The van der Waals surface area contributed by atoms with E-state index in [-0.39, 0.29) is 24.1 Å². The summed E-state index contributed by atoms with van der Waals surface area (Å²) in [6, 6.07) is 10.9. The molecule has 29 heavy (non-hydrogen) atoms. The van der Waals surface area contributed by atoms with Gasteiger partial charge in [0.1, 0.15) is 0 Å². The Labute approximate surface area is 174 Å². The fraction of sp³-hybridized carbons (Fsp3) is 0.429. The quantitative estimate of drug-likeness (QED) is 0.758. The van der Waals surface area contributed by atoms with Crippen LogP contribution in [0, 0.1) is 0 Å². The minimum absolute atomic E-state index is 0.0646. The maximum absolute atomic E-state index is 12.6. The van der Waals surface area contributed by atoms with Crippen molar-refractivity contribution in [3.8, 4) is 0 Å². The van der Waals surface area contributed by atoms with Gasteiger partial charge in [-0.3, -0.25) is 14.5 Å². The zero-order chi connectivity index (χ0) is 20.1. The van der Waals surface area contributed by atoms with Gasteiger partial charge in [0.15, 0.2) is 6.29 Å². The number of anilines is 2. The normalized spacial score (nSPS) is 20.5. The van der Waals surface area contributed by atoms with Crippen molar-refractivity contribution in [1.82, 2.24) is 4.90 Å². The summed E-state index contributed by atoms with van der Waals surface area (Å²) >= 11 is 1.40. The highest BCUT2D eigenvalue weighted by Gasteiger charge is 2.34. The first-order valence-corrected chi connectivity index (χ1v) is 10.8. The van der Waals surface area contributed by atoms with E-state index in [0.29, 0.717) is 36.0 Å². The highest BCUT2D eigenvalue weighted by molar-refractivity contribution is 7.12. The Morgan fingerprint density at radius 3 is 2.45 bits per heavy atom. The molecule has 2 saturated heterocycles. The number of benzene rings is 1. The Bertz CT molecular complexity index is 819. The number of rotatable bonds is 6. The molecule has 2 N–H and O–H groups in total. The third kappa shape index (κ3) is 5.22. The number of hydrogen-bond acceptors (Lipinski definition) is 6. The number of carbonyl (C=O) groups is 2. The van der Waals surface area contributed by atoms with Crippen molar-refractivity contribution in [2.45, 2.75) is 31.6 Å². The van der Waals surface area contributed by atoms with E-state index in [0.717, 1.165) is 25.8 Å². The van der Waals surface area contributed by atoms with Gasteiger partial charge in [-0.05, 0) is 55.1 Å². The highest BCUT2D eigenvalue weighted by atomic mass is 32.1. The molecule has 154 valence electrons. The molecular formula is C21H25N3O4S. The average molecular weight is 416 g/mol. The molecule has 0 aliphatic carbocycles. The fourth-order valence-electron chi connectivity index (χ4n) is 3.74. The minimum Gasteiger partial charge on any atom is -0.349 e. The first kappa shape index (κ1) is 20.0. The predicted molar refractivity (Wildman–Crippen MR) is 112 cm³/mol. The molecule has 7 nitrogen and oxygen atoms in total. The Kier molecular flexibility index (Phi) is 6.56. The molecule has 3 heterocycles. The third-order valence-corrected chi connectivity index (χ3v) is 6.01. The van der Waals surface area contributed by atoms with Crippen LogP contribution in [0.5, 0.6) is 0 Å². The lowest BCUT2D eigenvalue weighted by molar-refractivity contribution is -0.127. The molecule has 2 aliphatic rings. The lowest BCUT2D eigenvalue weighted by atomic mass is 10.0. The standard InChI is InChI=1S/C21H25N3O4S/c25-19(14-24-10-2-1-4-17(24)21-27-11-12-28-21)22-15-6-8-16(9-7-15)23-20(26)18-5-3-13-29-18/h3,5-9,13,17,21H,1-2,4,10-12,14H2,(H,22,25)(H,23,26). The van der Waals surface area contributed by atoms with Gasteiger partial charge in [-0.15, -0.1) is 11.3 Å². The van der Waals surface area contributed by atoms with Gasteiger partial charge in [0, 0.05) is 11.4 Å². The van der Waals surface area contributed by atoms with Crippen LogP contribution in [0.15, 0.2) is 41.8 Å². The van der Waals surface area contributed by atoms with E-state index in [9.17, 15) is 9.59 Å². The van der Waals surface area contributed by atoms with Crippen LogP contribution in [0.4, 0.5) is 11.4 Å². The molecule has 0 radical (unpaired) electrons. The average Bonchev–Trinajstić information content (AvgIpc) is 3.44. The van der Waals surface area contributed by atoms with Crippen molar-refractivity contribution >= 4 is 34.5 Å². The zero-order valence-electron chi connectivity index (χ0n) is 16.1. The van der Waals surface area contributed by atoms with Crippen molar-refractivity contribution in [3.63, 3.8) is 0 Å². The number of ether oxygens (including phenoxy) is 2. The molecule has 2 amide bonds. The van der Waals surface area contributed by atoms with Crippen molar-refractivity contribution < 1.29 is 19.1 Å². The summed E-state index contributed by atoms with van der Waals surface area (Å²) in [6.07, 6.45) is 2.96. The van der Waals surface area contributed by atoms with E-state index in [1.54, 1.807) is 30.3 Å². The summed E-state index contributed by atoms with van der Waals surface area (Å²) in [6.45, 7) is 2.42. The van der Waals surface area contributed by atoms with Crippen molar-refractivity contribution in [2.24, 2.45) is 0 Å². The minimum atomic E-state index is -0.227. The van der Waals surface area contributed by atoms with E-state index < -0.39 is 0 Å². The zero-order valence-corrected chi connectivity index (χ0v) is 17.0. The van der Waals surface area contributed by atoms with E-state index in [2.05, 4.69) is 15.5 Å². The van der Waals surface area contributed by atoms with E-state index in [1.807, 2.05) is 11.4 Å². The van der Waals surface area contributed by atoms with E-state index in [4.69, 9.17) is 9.47 Å². The molecule has 1 unspecified atom stereocenters. The van der Waals surface area contributed by atoms with Crippen molar-refractivity contribution in [2.75, 3.05) is 36.9 Å². The second kappa shape index (κ2) is 9.49. The molecule has 0 saturated carbocycles. The SMILES string of the molecule is O=C(CN1CCCCC1C1OCCO1)Nc1ccc(NC(=O)c2cccs2)cc1. The molecule has 1 aromatic carbocycles. The highest BCUT2D eigenvalue weighted by Crippen LogP contribution is 2.24. The third-order valence-electron chi connectivity index (χ3n) is 5.14. The molecule has 0 spiro atoms. The molecule has 2 aliphatic heterocycles. The maximum Gasteiger partial charge on any atom is 0.265 e. The Morgan fingerprint density at radius 1 is 1.03 bits per heavy atom. The van der Waals surface area contributed by atoms with Crippen molar-refractivity contribution in [1.29, 1.82) is 0 Å². The van der Waals surface area contributed by atoms with Crippen LogP contribution in [0.3, 0.4) is 0 Å². The van der Waals surface area contributed by atoms with Crippen LogP contribution in [0.1, 0.15) is 28.9 Å². The second-order valence-corrected chi connectivity index (χ2v) is 8.15. The number of nitrogens with zero attached hydrogens (tertiary/aromatic N) is 1. The summed E-state index contributed by atoms with van der Waals surface area (Å²) in [4.78, 5) is 27.5. The van der Waals surface area contributed by atoms with Crippen LogP contribution >= 0.6 is 11.3 Å². The number of thiophene rings is 1. The van der Waals surface area contributed by atoms with E-state index in [1.165, 1.54) is 11.3 Å². The largest absolute Gasteiger partial charge is 0.349 e. The first-order chi connectivity index (χ1) is 14.2. The lowest BCUT2D eigenvalue weighted by Crippen LogP contribution is -2.50. The predicted octanol–water partition coefficient (Wildman–Crippen LogP) is 3.17. The Morgan fingerprint density at radius 2 is 1.76 bits per heavy atom. The molecule has 2 aromatic rings. The van der Waals surface area contributed by atoms with Gasteiger partial charge in [0.25, 0.3) is 5.91 Å². The number of likely N-dealkylation sites (tertiary alicyclic amines) is 1. The summed E-state index contributed by atoms with van der Waals surface area (Å²) < 4.78 is 11.3. The van der Waals surface area contributed by atoms with Crippen LogP contribution < -0.4 is 10.6 Å². The molecule has 8 heteroatoms. The van der Waals surface area contributed by atoms with Crippen LogP contribution in [0.2, 0.25) is 0 Å². The molecule has 2 fully saturated rings. The number of piperidine rings is 1. The molecule has 0 bridgehead atoms. The van der Waals surface area contributed by atoms with Gasteiger partial charge < -0.3 is 20.1 Å². The van der Waals surface area contributed by atoms with Gasteiger partial charge in [-0.2, -0.15) is 0 Å². The fourth-order valence-corrected chi connectivity index (χ4v) is 4.36. The number of carbonyl (C=O) groups excluding carboxylic acids is 2. The van der Waals surface area contributed by atoms with Gasteiger partial charge in [0.2, 0.25) is 5.91 Å². The van der Waals surface area contributed by atoms with Crippen LogP contribution in [0.25, 0.3) is 0 Å². The number of amides is 2. The van der Waals surface area contributed by atoms with E-state index >= 15 is 0 Å². The Balaban J connectivity index is 1.30. The van der Waals surface area contributed by atoms with Crippen molar-refractivity contribution in [3.05, 3.63) is 46.7 Å². The van der Waals surface area contributed by atoms with Gasteiger partial charge in [0.05, 0.1) is 30.7 Å². The monoisotopic (exact) mass is 415 g/mol. The number of nitrogens with one attached hydrogen (secondary N) is 2. The summed E-state index contributed by atoms with van der Waals surface area (Å²) in [5.74, 6) is -0.199. The molecule has 4 rings (SSSR count). The Hall–Kier alpha value is -2.26.